The fourth-order valence-corrected chi connectivity index (χ4v) is 5.42. The first kappa shape index (κ1) is 32.3. The van der Waals surface area contributed by atoms with Crippen LogP contribution in [-0.4, -0.2) is 67.5 Å². The van der Waals surface area contributed by atoms with Crippen molar-refractivity contribution in [3.63, 3.8) is 0 Å². The maximum atomic E-state index is 14.0. The van der Waals surface area contributed by atoms with Gasteiger partial charge in [-0.25, -0.2) is 0 Å². The maximum absolute atomic E-state index is 14.0. The summed E-state index contributed by atoms with van der Waals surface area (Å²) in [6.07, 6.45) is 5.24. The second-order valence-electron chi connectivity index (χ2n) is 10.9. The van der Waals surface area contributed by atoms with E-state index in [9.17, 15) is 9.59 Å². The third-order valence-electron chi connectivity index (χ3n) is 7.69. The molecule has 0 aliphatic carbocycles. The van der Waals surface area contributed by atoms with E-state index in [1.165, 1.54) is 6.08 Å². The van der Waals surface area contributed by atoms with Gasteiger partial charge in [-0.15, -0.1) is 0 Å². The summed E-state index contributed by atoms with van der Waals surface area (Å²) >= 11 is 0. The number of nitrogens with zero attached hydrogens (tertiary/aromatic N) is 2. The smallest absolute Gasteiger partial charge is 0.244 e. The van der Waals surface area contributed by atoms with Crippen LogP contribution >= 0.6 is 0 Å². The number of carbonyl (C=O) groups is 2. The Balaban J connectivity index is 1.44. The van der Waals surface area contributed by atoms with E-state index in [4.69, 9.17) is 16.2 Å². The van der Waals surface area contributed by atoms with Crippen LogP contribution in [0.4, 0.5) is 0 Å². The molecule has 2 amide bonds. The van der Waals surface area contributed by atoms with Crippen LogP contribution in [0.3, 0.4) is 0 Å². The Morgan fingerprint density at radius 3 is 2.32 bits per heavy atom. The SMILES string of the molecule is CCOc1ccc(C=CC(=O)NC[C@@H]2CCN(CC(c3ccccc3)c3ccccc3)C(=O)[C@H](CCCN=C(N)N)N2)cc1. The molecule has 1 aliphatic rings. The van der Waals surface area contributed by atoms with E-state index in [2.05, 4.69) is 39.9 Å². The van der Waals surface area contributed by atoms with Gasteiger partial charge in [0.25, 0.3) is 0 Å². The van der Waals surface area contributed by atoms with Crippen molar-refractivity contribution in [3.8, 4) is 5.75 Å². The van der Waals surface area contributed by atoms with Gasteiger partial charge in [0.2, 0.25) is 11.8 Å². The van der Waals surface area contributed by atoms with Crippen LogP contribution in [0.15, 0.2) is 96.0 Å². The normalized spacial score (nSPS) is 17.0. The molecule has 4 rings (SSSR count). The molecular formula is C35H44N6O3. The molecule has 0 saturated carbocycles. The van der Waals surface area contributed by atoms with Gasteiger partial charge >= 0.3 is 0 Å². The molecule has 1 aliphatic heterocycles. The Morgan fingerprint density at radius 1 is 1.05 bits per heavy atom. The molecule has 1 saturated heterocycles. The Morgan fingerprint density at radius 2 is 1.70 bits per heavy atom. The molecule has 9 nitrogen and oxygen atoms in total. The number of nitrogens with one attached hydrogen (secondary N) is 2. The van der Waals surface area contributed by atoms with Crippen LogP contribution in [-0.2, 0) is 9.59 Å². The zero-order chi connectivity index (χ0) is 31.1. The largest absolute Gasteiger partial charge is 0.494 e. The Hall–Kier alpha value is -4.63. The van der Waals surface area contributed by atoms with Crippen molar-refractivity contribution in [2.45, 2.75) is 44.2 Å². The van der Waals surface area contributed by atoms with Gasteiger partial charge in [0.1, 0.15) is 5.75 Å². The molecule has 44 heavy (non-hydrogen) atoms. The first-order chi connectivity index (χ1) is 21.4. The lowest BCUT2D eigenvalue weighted by Crippen LogP contribution is -2.49. The second-order valence-corrected chi connectivity index (χ2v) is 10.9. The van der Waals surface area contributed by atoms with E-state index in [1.807, 2.05) is 72.5 Å². The number of nitrogens with two attached hydrogens (primary N) is 2. The van der Waals surface area contributed by atoms with Crippen LogP contribution in [0.25, 0.3) is 6.08 Å². The molecule has 1 fully saturated rings. The highest BCUT2D eigenvalue weighted by Gasteiger charge is 2.32. The fraction of sp³-hybridized carbons (Fsp3) is 0.343. The average molecular weight is 597 g/mol. The lowest BCUT2D eigenvalue weighted by Gasteiger charge is -2.29. The first-order valence-electron chi connectivity index (χ1n) is 15.3. The molecule has 0 spiro atoms. The predicted molar refractivity (Wildman–Crippen MR) is 176 cm³/mol. The van der Waals surface area contributed by atoms with Gasteiger partial charge in [-0.05, 0) is 61.1 Å². The second kappa shape index (κ2) is 16.9. The summed E-state index contributed by atoms with van der Waals surface area (Å²) in [6, 6.07) is 27.7. The summed E-state index contributed by atoms with van der Waals surface area (Å²) in [4.78, 5) is 32.7. The Bertz CT molecular complexity index is 1340. The predicted octanol–water partition coefficient (Wildman–Crippen LogP) is 3.66. The summed E-state index contributed by atoms with van der Waals surface area (Å²) in [7, 11) is 0. The number of hydrogen-bond acceptors (Lipinski definition) is 5. The number of aliphatic imine (C=N–C) groups is 1. The Kier molecular flexibility index (Phi) is 12.4. The lowest BCUT2D eigenvalue weighted by molar-refractivity contribution is -0.133. The zero-order valence-corrected chi connectivity index (χ0v) is 25.4. The third-order valence-corrected chi connectivity index (χ3v) is 7.69. The van der Waals surface area contributed by atoms with Gasteiger partial charge in [0.15, 0.2) is 5.96 Å². The molecule has 0 unspecified atom stereocenters. The number of benzene rings is 3. The van der Waals surface area contributed by atoms with Gasteiger partial charge in [-0.3, -0.25) is 14.6 Å². The van der Waals surface area contributed by atoms with Crippen LogP contribution in [0.5, 0.6) is 5.75 Å². The van der Waals surface area contributed by atoms with E-state index in [0.29, 0.717) is 52.0 Å². The third kappa shape index (κ3) is 9.98. The van der Waals surface area contributed by atoms with E-state index >= 15 is 0 Å². The quantitative estimate of drug-likeness (QED) is 0.0971. The highest BCUT2D eigenvalue weighted by molar-refractivity contribution is 5.91. The van der Waals surface area contributed by atoms with Crippen molar-refractivity contribution in [1.29, 1.82) is 0 Å². The van der Waals surface area contributed by atoms with E-state index in [1.54, 1.807) is 6.08 Å². The van der Waals surface area contributed by atoms with Gasteiger partial charge in [-0.1, -0.05) is 72.8 Å². The summed E-state index contributed by atoms with van der Waals surface area (Å²) in [5, 5.41) is 6.54. The fourth-order valence-electron chi connectivity index (χ4n) is 5.42. The summed E-state index contributed by atoms with van der Waals surface area (Å²) in [5.74, 6) is 0.733. The number of hydrogen-bond donors (Lipinski definition) is 4. The van der Waals surface area contributed by atoms with Crippen LogP contribution in [0, 0.1) is 0 Å². The zero-order valence-electron chi connectivity index (χ0n) is 25.4. The van der Waals surface area contributed by atoms with E-state index in [0.717, 1.165) is 22.4 Å². The van der Waals surface area contributed by atoms with Crippen LogP contribution in [0.1, 0.15) is 48.8 Å². The monoisotopic (exact) mass is 596 g/mol. The molecule has 3 aromatic carbocycles. The minimum Gasteiger partial charge on any atom is -0.494 e. The summed E-state index contributed by atoms with van der Waals surface area (Å²) in [5.41, 5.74) is 14.2. The molecule has 232 valence electrons. The first-order valence-corrected chi connectivity index (χ1v) is 15.3. The van der Waals surface area contributed by atoms with Gasteiger partial charge in [0, 0.05) is 44.2 Å². The number of amides is 2. The standard InChI is InChI=1S/C35H44N6O3/c1-2-44-30-18-15-26(16-19-30)17-20-33(42)39-24-29-21-23-41(34(43)32(40-29)14-9-22-38-35(36)37)25-31(27-10-5-3-6-11-27)28-12-7-4-8-13-28/h3-8,10-13,15-20,29,31-32,40H,2,9,14,21-25H2,1H3,(H,39,42)(H4,36,37,38)/t29-,32-/m0/s1. The van der Waals surface area contributed by atoms with Crippen molar-refractivity contribution in [3.05, 3.63) is 108 Å². The molecule has 3 aromatic rings. The lowest BCUT2D eigenvalue weighted by atomic mass is 9.90. The topological polar surface area (TPSA) is 135 Å². The maximum Gasteiger partial charge on any atom is 0.244 e. The van der Waals surface area contributed by atoms with Crippen LogP contribution < -0.4 is 26.8 Å². The summed E-state index contributed by atoms with van der Waals surface area (Å²) < 4.78 is 5.48. The number of carbonyl (C=O) groups excluding carboxylic acids is 2. The van der Waals surface area contributed by atoms with Gasteiger partial charge in [-0.2, -0.15) is 0 Å². The highest BCUT2D eigenvalue weighted by atomic mass is 16.5. The highest BCUT2D eigenvalue weighted by Crippen LogP contribution is 2.27. The number of ether oxygens (including phenoxy) is 1. The molecule has 9 heteroatoms. The van der Waals surface area contributed by atoms with Crippen molar-refractivity contribution in [2.24, 2.45) is 16.5 Å². The van der Waals surface area contributed by atoms with Crippen molar-refractivity contribution < 1.29 is 14.3 Å². The molecule has 0 radical (unpaired) electrons. The minimum atomic E-state index is -0.416. The molecule has 6 N–H and O–H groups in total. The van der Waals surface area contributed by atoms with E-state index in [-0.39, 0.29) is 29.7 Å². The molecule has 2 atom stereocenters. The molecule has 0 bridgehead atoms. The van der Waals surface area contributed by atoms with Crippen molar-refractivity contribution in [1.82, 2.24) is 15.5 Å². The number of rotatable bonds is 14. The summed E-state index contributed by atoms with van der Waals surface area (Å²) in [6.45, 7) is 4.53. The Labute approximate surface area is 260 Å². The molecular weight excluding hydrogens is 552 g/mol. The number of guanidine groups is 1. The van der Waals surface area contributed by atoms with Crippen molar-refractivity contribution in [2.75, 3.05) is 32.8 Å². The van der Waals surface area contributed by atoms with E-state index < -0.39 is 6.04 Å². The minimum absolute atomic E-state index is 0.0348. The van der Waals surface area contributed by atoms with Gasteiger partial charge in [0.05, 0.1) is 12.6 Å². The van der Waals surface area contributed by atoms with Gasteiger partial charge < -0.3 is 31.7 Å². The average Bonchev–Trinajstić information content (AvgIpc) is 3.19. The molecule has 0 aromatic heterocycles. The van der Waals surface area contributed by atoms with Crippen LogP contribution in [0.2, 0.25) is 0 Å². The molecule has 1 heterocycles. The van der Waals surface area contributed by atoms with Crippen molar-refractivity contribution >= 4 is 23.8 Å².